The van der Waals surface area contributed by atoms with Gasteiger partial charge in [0.05, 0.1) is 61.6 Å². The summed E-state index contributed by atoms with van der Waals surface area (Å²) >= 11 is 0. The number of benzene rings is 14. The van der Waals surface area contributed by atoms with Gasteiger partial charge in [-0.1, -0.05) is 179 Å². The van der Waals surface area contributed by atoms with Crippen molar-refractivity contribution in [3.05, 3.63) is 292 Å². The van der Waals surface area contributed by atoms with Crippen LogP contribution in [0.25, 0.3) is 175 Å². The number of ketones is 2. The maximum absolute atomic E-state index is 10.0. The third-order valence-electron chi connectivity index (χ3n) is 18.6. The van der Waals surface area contributed by atoms with Crippen molar-refractivity contribution in [1.82, 2.24) is 38.2 Å². The summed E-state index contributed by atoms with van der Waals surface area (Å²) < 4.78 is 9.33. The molecule has 0 atom stereocenters. The maximum Gasteiger partial charge on any atom is 3.00 e. The van der Waals surface area contributed by atoms with Crippen LogP contribution < -0.4 is 0 Å². The second kappa shape index (κ2) is 23.2. The van der Waals surface area contributed by atoms with Crippen LogP contribution in [0, 0.1) is 12.1 Å². The first-order valence-corrected chi connectivity index (χ1v) is 31.8. The second-order valence-electron chi connectivity index (χ2n) is 24.3. The molecule has 0 saturated heterocycles. The van der Waals surface area contributed by atoms with Gasteiger partial charge in [-0.3, -0.25) is 19.6 Å². The van der Waals surface area contributed by atoms with E-state index in [0.29, 0.717) is 0 Å². The third kappa shape index (κ3) is 9.18. The van der Waals surface area contributed by atoms with Crippen molar-refractivity contribution in [2.75, 3.05) is 0 Å². The Morgan fingerprint density at radius 3 is 0.802 bits per heavy atom. The second-order valence-corrected chi connectivity index (χ2v) is 24.3. The van der Waals surface area contributed by atoms with Gasteiger partial charge in [-0.15, -0.1) is 47.2 Å². The van der Waals surface area contributed by atoms with E-state index in [1.807, 2.05) is 0 Å². The number of carbonyl (C=O) groups excluding carboxylic acids is 2. The molecule has 20 aromatic rings. The minimum atomic E-state index is -0.0625. The van der Waals surface area contributed by atoms with E-state index in [1.54, 1.807) is 24.8 Å². The zero-order chi connectivity index (χ0) is 63.4. The van der Waals surface area contributed by atoms with Gasteiger partial charge >= 0.3 is 20.1 Å². The van der Waals surface area contributed by atoms with Crippen molar-refractivity contribution in [2.45, 2.75) is 20.3 Å². The van der Waals surface area contributed by atoms with Gasteiger partial charge in [-0.2, -0.15) is 0 Å². The number of hydrogen-bond acceptors (Lipinski definition) is 6. The topological polar surface area (TPSA) is 105 Å². The molecule has 0 amide bonds. The summed E-state index contributed by atoms with van der Waals surface area (Å²) in [6, 6.07) is 98.6. The SMILES string of the molecule is CC(=O)CC(C)=O.[Ir+3].[c-]1c(-n2c3ccccc3c3ccccc32)ccc2c1c1nccnc1c1cc(-n3c4ccccc4c4ccccc43)ccc21.[c-]1c(-n2c3ccccc3c3ccccc32)ccc2c1c1nccnc1c1cc(-n3c4ccccc4c4ccccc43)ccc21. The number of nitrogens with zero attached hydrogens (tertiary/aromatic N) is 8. The van der Waals surface area contributed by atoms with Gasteiger partial charge < -0.3 is 28.2 Å². The zero-order valence-corrected chi connectivity index (χ0v) is 54.4. The molecule has 20 rings (SSSR count). The largest absolute Gasteiger partial charge is 3.00 e. The summed E-state index contributed by atoms with van der Waals surface area (Å²) in [4.78, 5) is 39.6. The van der Waals surface area contributed by atoms with E-state index in [9.17, 15) is 9.59 Å². The van der Waals surface area contributed by atoms with Crippen LogP contribution in [0.15, 0.2) is 280 Å². The fourth-order valence-electron chi connectivity index (χ4n) is 14.8. The fourth-order valence-corrected chi connectivity index (χ4v) is 14.8. The standard InChI is InChI=1S/2C40H23N4.C5H8O2.Ir/c2*1-5-13-35-29(9-1)30-10-2-6-14-36(30)43(35)25-17-19-27-28-20-18-26(24-34(28)40-39(33(27)23-25)41-21-22-42-40)44-37-15-7-3-11-31(37)32-12-4-8-16-38(32)44;1-4(6)3-5(2)7;/h2*1-23H;3H2,1-2H3;/q2*-1;;+3. The monoisotopic (exact) mass is 1410 g/mol. The summed E-state index contributed by atoms with van der Waals surface area (Å²) in [6.45, 7) is 2.81. The Labute approximate surface area is 562 Å². The first-order valence-electron chi connectivity index (χ1n) is 31.8. The first-order chi connectivity index (χ1) is 46.8. The first kappa shape index (κ1) is 57.9. The van der Waals surface area contributed by atoms with Crippen molar-refractivity contribution in [3.8, 4) is 22.7 Å². The molecule has 0 radical (unpaired) electrons. The van der Waals surface area contributed by atoms with Gasteiger partial charge in [0.25, 0.3) is 0 Å². The summed E-state index contributed by atoms with van der Waals surface area (Å²) in [5.74, 6) is -0.125. The predicted molar refractivity (Wildman–Crippen MR) is 390 cm³/mol. The van der Waals surface area contributed by atoms with Crippen LogP contribution in [-0.2, 0) is 29.7 Å². The number of fused-ring (bicyclic) bond motifs is 24. The Bertz CT molecular complexity index is 5580. The molecule has 0 unspecified atom stereocenters. The zero-order valence-electron chi connectivity index (χ0n) is 52.0. The summed E-state index contributed by atoms with van der Waals surface area (Å²) in [7, 11) is 0. The molecule has 11 heteroatoms. The number of aromatic nitrogens is 8. The molecule has 6 aromatic heterocycles. The molecule has 96 heavy (non-hydrogen) atoms. The number of para-hydroxylation sites is 8. The van der Waals surface area contributed by atoms with Crippen LogP contribution in [0.5, 0.6) is 0 Å². The van der Waals surface area contributed by atoms with Gasteiger partial charge in [0.15, 0.2) is 0 Å². The Kier molecular flexibility index (Phi) is 14.0. The van der Waals surface area contributed by atoms with E-state index in [1.165, 1.54) is 79.0 Å². The van der Waals surface area contributed by atoms with Crippen molar-refractivity contribution in [3.63, 3.8) is 0 Å². The summed E-state index contributed by atoms with van der Waals surface area (Å²) in [5, 5.41) is 18.6. The molecule has 0 aliphatic rings. The van der Waals surface area contributed by atoms with Gasteiger partial charge in [0, 0.05) is 90.3 Å². The average Bonchev–Trinajstić information content (AvgIpc) is 1.28. The normalized spacial score (nSPS) is 11.7. The van der Waals surface area contributed by atoms with E-state index in [-0.39, 0.29) is 38.1 Å². The number of rotatable bonds is 6. The van der Waals surface area contributed by atoms with E-state index in [2.05, 4.69) is 285 Å². The Hall–Kier alpha value is -12.0. The molecule has 0 bridgehead atoms. The smallest absolute Gasteiger partial charge is 0.327 e. The average molecular weight is 1410 g/mol. The molecule has 0 spiro atoms. The van der Waals surface area contributed by atoms with Crippen molar-refractivity contribution in [2.24, 2.45) is 0 Å². The molecule has 0 N–H and O–H groups in total. The molecular weight excluding hydrogens is 1360 g/mol. The van der Waals surface area contributed by atoms with Gasteiger partial charge in [-0.05, 0) is 109 Å². The van der Waals surface area contributed by atoms with E-state index >= 15 is 0 Å². The third-order valence-corrected chi connectivity index (χ3v) is 18.6. The van der Waals surface area contributed by atoms with Crippen LogP contribution in [0.2, 0.25) is 0 Å². The minimum Gasteiger partial charge on any atom is -0.327 e. The van der Waals surface area contributed by atoms with Crippen LogP contribution in [-0.4, -0.2) is 49.8 Å². The Morgan fingerprint density at radius 1 is 0.281 bits per heavy atom. The van der Waals surface area contributed by atoms with Gasteiger partial charge in [-0.25, -0.2) is 0 Å². The number of Topliss-reactive ketones (excluding diaryl/α,β-unsaturated/α-hetero) is 2. The molecular formula is C85H54IrN8O2+. The maximum atomic E-state index is 10.0. The number of hydrogen-bond donors (Lipinski definition) is 0. The molecule has 454 valence electrons. The van der Waals surface area contributed by atoms with Crippen LogP contribution in [0.3, 0.4) is 0 Å². The minimum absolute atomic E-state index is 0. The van der Waals surface area contributed by atoms with Gasteiger partial charge in [0.1, 0.15) is 11.6 Å². The van der Waals surface area contributed by atoms with Crippen LogP contribution in [0.1, 0.15) is 20.3 Å². The molecule has 0 fully saturated rings. The van der Waals surface area contributed by atoms with Crippen molar-refractivity contribution >= 4 is 164 Å². The molecule has 0 aliphatic heterocycles. The quantitative estimate of drug-likeness (QED) is 0.0933. The summed E-state index contributed by atoms with van der Waals surface area (Å²) in [6.07, 6.45) is 7.23. The number of carbonyl (C=O) groups is 2. The van der Waals surface area contributed by atoms with Crippen molar-refractivity contribution in [1.29, 1.82) is 0 Å². The Balaban J connectivity index is 0.000000131. The molecule has 6 heterocycles. The van der Waals surface area contributed by atoms with Gasteiger partial charge in [0.2, 0.25) is 0 Å². The summed E-state index contributed by atoms with van der Waals surface area (Å²) in [5.41, 5.74) is 17.1. The molecule has 0 saturated carbocycles. The van der Waals surface area contributed by atoms with E-state index < -0.39 is 0 Å². The van der Waals surface area contributed by atoms with E-state index in [0.717, 1.165) is 110 Å². The van der Waals surface area contributed by atoms with Crippen molar-refractivity contribution < 1.29 is 29.7 Å². The fraction of sp³-hybridized carbons (Fsp3) is 0.0353. The Morgan fingerprint density at radius 2 is 0.531 bits per heavy atom. The predicted octanol–water partition coefficient (Wildman–Crippen LogP) is 20.4. The van der Waals surface area contributed by atoms with Crippen LogP contribution >= 0.6 is 0 Å². The molecule has 14 aromatic carbocycles. The van der Waals surface area contributed by atoms with Crippen LogP contribution in [0.4, 0.5) is 0 Å². The molecule has 0 aliphatic carbocycles. The van der Waals surface area contributed by atoms with E-state index in [4.69, 9.17) is 19.9 Å². The molecule has 10 nitrogen and oxygen atoms in total.